The van der Waals surface area contributed by atoms with E-state index in [-0.39, 0.29) is 30.1 Å². The van der Waals surface area contributed by atoms with Crippen LogP contribution in [0.5, 0.6) is 0 Å². The molecule has 4 aliphatic rings. The van der Waals surface area contributed by atoms with Gasteiger partial charge in [-0.15, -0.1) is 0 Å². The molecule has 4 rings (SSSR count). The van der Waals surface area contributed by atoms with Crippen LogP contribution >= 0.6 is 0 Å². The molecule has 42 heavy (non-hydrogen) atoms. The number of aliphatic hydroxyl groups is 1. The summed E-state index contributed by atoms with van der Waals surface area (Å²) >= 11 is 0. The molecule has 11 heteroatoms. The third-order valence-electron chi connectivity index (χ3n) is 8.64. The second-order valence-corrected chi connectivity index (χ2v) is 12.2. The Labute approximate surface area is 249 Å². The molecule has 0 aromatic carbocycles. The molecule has 11 nitrogen and oxygen atoms in total. The van der Waals surface area contributed by atoms with Crippen molar-refractivity contribution in [1.82, 2.24) is 10.2 Å². The van der Waals surface area contributed by atoms with Crippen LogP contribution in [0.2, 0.25) is 0 Å². The van der Waals surface area contributed by atoms with Crippen molar-refractivity contribution in [3.05, 3.63) is 36.0 Å². The molecule has 1 unspecified atom stereocenters. The van der Waals surface area contributed by atoms with E-state index in [0.717, 1.165) is 18.4 Å². The summed E-state index contributed by atoms with van der Waals surface area (Å²) in [6, 6.07) is -0.124. The molecule has 1 spiro atoms. The summed E-state index contributed by atoms with van der Waals surface area (Å²) in [7, 11) is 1.60. The normalized spacial score (nSPS) is 38.2. The van der Waals surface area contributed by atoms with E-state index in [4.69, 9.17) is 28.4 Å². The quantitative estimate of drug-likeness (QED) is 0.236. The zero-order valence-corrected chi connectivity index (χ0v) is 25.7. The number of amides is 2. The Balaban J connectivity index is 1.22. The van der Waals surface area contributed by atoms with Crippen molar-refractivity contribution in [1.29, 1.82) is 0 Å². The molecule has 0 bridgehead atoms. The fraction of sp³-hybridized carbons (Fsp3) is 0.742. The van der Waals surface area contributed by atoms with Crippen LogP contribution in [0.4, 0.5) is 4.79 Å². The Hall–Kier alpha value is -2.28. The Morgan fingerprint density at radius 2 is 1.93 bits per heavy atom. The minimum atomic E-state index is -0.806. The van der Waals surface area contributed by atoms with Crippen molar-refractivity contribution in [2.45, 2.75) is 102 Å². The first kappa shape index (κ1) is 32.6. The van der Waals surface area contributed by atoms with Crippen molar-refractivity contribution in [2.75, 3.05) is 40.0 Å². The van der Waals surface area contributed by atoms with Gasteiger partial charge in [0.1, 0.15) is 23.9 Å². The topological polar surface area (TPSA) is 128 Å². The van der Waals surface area contributed by atoms with E-state index in [9.17, 15) is 14.7 Å². The lowest BCUT2D eigenvalue weighted by Gasteiger charge is -2.42. The molecule has 0 saturated carbocycles. The minimum Gasteiger partial charge on any atom is -0.442 e. The lowest BCUT2D eigenvalue weighted by atomic mass is 9.87. The molecule has 2 amide bonds. The van der Waals surface area contributed by atoms with Gasteiger partial charge in [0.15, 0.2) is 5.79 Å². The maximum Gasteiger partial charge on any atom is 0.410 e. The van der Waals surface area contributed by atoms with Gasteiger partial charge in [-0.25, -0.2) is 4.79 Å². The number of rotatable bonds is 9. The number of allylic oxidation sites excluding steroid dienone is 2. The smallest absolute Gasteiger partial charge is 0.410 e. The summed E-state index contributed by atoms with van der Waals surface area (Å²) in [6.07, 6.45) is 8.61. The molecule has 0 aromatic heterocycles. The van der Waals surface area contributed by atoms with E-state index < -0.39 is 35.8 Å². The van der Waals surface area contributed by atoms with Gasteiger partial charge >= 0.3 is 6.09 Å². The summed E-state index contributed by atoms with van der Waals surface area (Å²) < 4.78 is 34.2. The monoisotopic (exact) mass is 592 g/mol. The molecule has 4 saturated heterocycles. The van der Waals surface area contributed by atoms with Crippen molar-refractivity contribution in [3.63, 3.8) is 0 Å². The average Bonchev–Trinajstić information content (AvgIpc) is 3.74. The van der Waals surface area contributed by atoms with Crippen LogP contribution < -0.4 is 5.32 Å². The highest BCUT2D eigenvalue weighted by Crippen LogP contribution is 2.46. The number of hydrogen-bond donors (Lipinski definition) is 2. The highest BCUT2D eigenvalue weighted by molar-refractivity contribution is 5.87. The summed E-state index contributed by atoms with van der Waals surface area (Å²) in [4.78, 5) is 26.4. The minimum absolute atomic E-state index is 0.0168. The van der Waals surface area contributed by atoms with Crippen LogP contribution in [0, 0.1) is 5.92 Å². The molecule has 4 fully saturated rings. The molecule has 0 radical (unpaired) electrons. The first-order valence-corrected chi connectivity index (χ1v) is 15.0. The number of ether oxygens (including phenoxy) is 6. The zero-order chi connectivity index (χ0) is 30.5. The standard InChI is InChI=1S/C31H48N2O9/c1-20(8-11-26-28(35)31(19-39-31)18-30(5,37-6)42-26)7-10-25-21(2)17-24(23(4)41-25)32-27(34)12-9-22(3)40-29(36)33-13-15-38-16-14-33/h7-9,11-12,21-26,28,35H,10,13-19H2,1-6H3,(H,32,34)/b11-8+,12-9-,20-7+/t21-,22-,23+,24+,25-,26?,28+,30-,31+/m0/s1. The van der Waals surface area contributed by atoms with Gasteiger partial charge in [0, 0.05) is 32.7 Å². The number of carbonyl (C=O) groups excluding carboxylic acids is 2. The number of morpholine rings is 1. The number of aliphatic hydroxyl groups excluding tert-OH is 1. The predicted octanol–water partition coefficient (Wildman–Crippen LogP) is 2.87. The molecule has 0 aliphatic carbocycles. The van der Waals surface area contributed by atoms with Crippen molar-refractivity contribution >= 4 is 12.0 Å². The largest absolute Gasteiger partial charge is 0.442 e. The molecule has 9 atom stereocenters. The van der Waals surface area contributed by atoms with Crippen LogP contribution in [0.1, 0.15) is 53.9 Å². The molecule has 4 heterocycles. The molecule has 2 N–H and O–H groups in total. The number of epoxide rings is 1. The lowest BCUT2D eigenvalue weighted by molar-refractivity contribution is -0.284. The Morgan fingerprint density at radius 1 is 1.21 bits per heavy atom. The second kappa shape index (κ2) is 14.0. The summed E-state index contributed by atoms with van der Waals surface area (Å²) in [5, 5.41) is 13.8. The number of nitrogens with one attached hydrogen (secondary N) is 1. The van der Waals surface area contributed by atoms with Crippen molar-refractivity contribution in [2.24, 2.45) is 5.92 Å². The third-order valence-corrected chi connectivity index (χ3v) is 8.64. The van der Waals surface area contributed by atoms with Crippen LogP contribution in [0.25, 0.3) is 0 Å². The fourth-order valence-electron chi connectivity index (χ4n) is 5.77. The van der Waals surface area contributed by atoms with Gasteiger partial charge < -0.3 is 43.7 Å². The van der Waals surface area contributed by atoms with Gasteiger partial charge in [0.2, 0.25) is 5.91 Å². The number of carbonyl (C=O) groups is 2. The molecule has 4 aliphatic heterocycles. The van der Waals surface area contributed by atoms with E-state index in [1.54, 1.807) is 25.0 Å². The highest BCUT2D eigenvalue weighted by Gasteiger charge is 2.61. The molecular formula is C31H48N2O9. The van der Waals surface area contributed by atoms with Gasteiger partial charge in [-0.2, -0.15) is 0 Å². The highest BCUT2D eigenvalue weighted by atomic mass is 16.7. The van der Waals surface area contributed by atoms with Crippen LogP contribution in [0.3, 0.4) is 0 Å². The Bertz CT molecular complexity index is 1040. The summed E-state index contributed by atoms with van der Waals surface area (Å²) in [5.41, 5.74) is 0.446. The average molecular weight is 593 g/mol. The lowest BCUT2D eigenvalue weighted by Crippen LogP contribution is -2.55. The second-order valence-electron chi connectivity index (χ2n) is 12.2. The van der Waals surface area contributed by atoms with Gasteiger partial charge in [0.25, 0.3) is 0 Å². The SMILES string of the molecule is CO[C@]1(C)C[C@@]2(CO2)[C@H](O)C(/C=C/C(C)=C/C[C@@H]2O[C@H](C)[C@H](NC(=O)/C=C\[C@H](C)OC(=O)N3CCOCC3)C[C@@H]2C)O1. The van der Waals surface area contributed by atoms with E-state index in [2.05, 4.69) is 18.3 Å². The third kappa shape index (κ3) is 8.42. The van der Waals surface area contributed by atoms with Crippen molar-refractivity contribution < 1.29 is 43.1 Å². The molecule has 236 valence electrons. The van der Waals surface area contributed by atoms with Crippen LogP contribution in [-0.4, -0.2) is 110 Å². The van der Waals surface area contributed by atoms with E-state index in [1.165, 1.54) is 6.08 Å². The predicted molar refractivity (Wildman–Crippen MR) is 155 cm³/mol. The number of methoxy groups -OCH3 is 1. The maximum absolute atomic E-state index is 12.6. The number of nitrogens with zero attached hydrogens (tertiary/aromatic N) is 1. The van der Waals surface area contributed by atoms with Crippen LogP contribution in [0.15, 0.2) is 36.0 Å². The van der Waals surface area contributed by atoms with Gasteiger partial charge in [-0.05, 0) is 52.5 Å². The van der Waals surface area contributed by atoms with Crippen LogP contribution in [-0.2, 0) is 33.2 Å². The maximum atomic E-state index is 12.6. The van der Waals surface area contributed by atoms with E-state index in [0.29, 0.717) is 39.3 Å². The first-order valence-electron chi connectivity index (χ1n) is 15.0. The zero-order valence-electron chi connectivity index (χ0n) is 25.7. The van der Waals surface area contributed by atoms with E-state index >= 15 is 0 Å². The molecular weight excluding hydrogens is 544 g/mol. The Morgan fingerprint density at radius 3 is 2.60 bits per heavy atom. The summed E-state index contributed by atoms with van der Waals surface area (Å²) in [6.45, 7) is 12.2. The van der Waals surface area contributed by atoms with Gasteiger partial charge in [0.05, 0.1) is 38.1 Å². The first-order chi connectivity index (χ1) is 19.9. The van der Waals surface area contributed by atoms with Gasteiger partial charge in [-0.1, -0.05) is 30.7 Å². The Kier molecular flexibility index (Phi) is 10.9. The fourth-order valence-corrected chi connectivity index (χ4v) is 5.77. The van der Waals surface area contributed by atoms with E-state index in [1.807, 2.05) is 32.9 Å². The van der Waals surface area contributed by atoms with Crippen molar-refractivity contribution in [3.8, 4) is 0 Å². The van der Waals surface area contributed by atoms with Gasteiger partial charge in [-0.3, -0.25) is 4.79 Å². The molecule has 0 aromatic rings. The number of hydrogen-bond acceptors (Lipinski definition) is 9. The summed E-state index contributed by atoms with van der Waals surface area (Å²) in [5.74, 6) is -0.819.